The molecule has 0 atom stereocenters. The summed E-state index contributed by atoms with van der Waals surface area (Å²) in [4.78, 5) is 21.0. The first kappa shape index (κ1) is 14.6. The lowest BCUT2D eigenvalue weighted by Gasteiger charge is -2.34. The van der Waals surface area contributed by atoms with Crippen molar-refractivity contribution in [3.63, 3.8) is 0 Å². The Morgan fingerprint density at radius 1 is 1.22 bits per heavy atom. The average molecular weight is 352 g/mol. The van der Waals surface area contributed by atoms with Gasteiger partial charge in [0.15, 0.2) is 16.6 Å². The van der Waals surface area contributed by atoms with E-state index in [0.717, 1.165) is 18.2 Å². The Labute approximate surface area is 142 Å². The van der Waals surface area contributed by atoms with Gasteiger partial charge in [0, 0.05) is 43.3 Å². The highest BCUT2D eigenvalue weighted by Gasteiger charge is 2.26. The standard InChI is InChI=1S/C15H14ClN3O3S/c16-11-7-10(8-12-13(11)22-9-21-12)14(20)18-2-4-19(5-3-18)15-17-1-6-23-15/h1,6-8H,2-5,9H2. The third-order valence-corrected chi connectivity index (χ3v) is 5.04. The molecule has 0 radical (unpaired) electrons. The van der Waals surface area contributed by atoms with E-state index in [0.29, 0.717) is 35.2 Å². The minimum atomic E-state index is -0.0380. The summed E-state index contributed by atoms with van der Waals surface area (Å²) < 4.78 is 10.6. The predicted molar refractivity (Wildman–Crippen MR) is 87.8 cm³/mol. The van der Waals surface area contributed by atoms with Gasteiger partial charge in [-0.2, -0.15) is 0 Å². The summed E-state index contributed by atoms with van der Waals surface area (Å²) in [6, 6.07) is 3.34. The number of amides is 1. The molecule has 4 rings (SSSR count). The van der Waals surface area contributed by atoms with Gasteiger partial charge in [-0.05, 0) is 12.1 Å². The number of hydrogen-bond donors (Lipinski definition) is 0. The number of rotatable bonds is 2. The van der Waals surface area contributed by atoms with Gasteiger partial charge >= 0.3 is 0 Å². The number of benzene rings is 1. The highest BCUT2D eigenvalue weighted by atomic mass is 35.5. The number of thiazole rings is 1. The summed E-state index contributed by atoms with van der Waals surface area (Å²) in [5.74, 6) is 1.00. The summed E-state index contributed by atoms with van der Waals surface area (Å²) in [6.07, 6.45) is 1.80. The van der Waals surface area contributed by atoms with Crippen LogP contribution in [0.2, 0.25) is 5.02 Å². The summed E-state index contributed by atoms with van der Waals surface area (Å²) in [7, 11) is 0. The van der Waals surface area contributed by atoms with Crippen molar-refractivity contribution in [3.8, 4) is 11.5 Å². The molecule has 0 saturated carbocycles. The molecule has 2 aliphatic rings. The van der Waals surface area contributed by atoms with Gasteiger partial charge in [0.05, 0.1) is 5.02 Å². The number of anilines is 1. The number of carbonyl (C=O) groups excluding carboxylic acids is 1. The van der Waals surface area contributed by atoms with Crippen LogP contribution < -0.4 is 14.4 Å². The Morgan fingerprint density at radius 2 is 2.04 bits per heavy atom. The lowest BCUT2D eigenvalue weighted by molar-refractivity contribution is 0.0746. The van der Waals surface area contributed by atoms with Crippen LogP contribution in [0.25, 0.3) is 0 Å². The molecule has 0 unspecified atom stereocenters. The Morgan fingerprint density at radius 3 is 2.78 bits per heavy atom. The zero-order valence-electron chi connectivity index (χ0n) is 12.2. The van der Waals surface area contributed by atoms with Gasteiger partial charge in [-0.15, -0.1) is 11.3 Å². The van der Waals surface area contributed by atoms with Crippen molar-refractivity contribution in [2.75, 3.05) is 37.9 Å². The van der Waals surface area contributed by atoms with E-state index in [9.17, 15) is 4.79 Å². The quantitative estimate of drug-likeness (QED) is 0.832. The van der Waals surface area contributed by atoms with Crippen LogP contribution in [-0.2, 0) is 0 Å². The maximum Gasteiger partial charge on any atom is 0.254 e. The van der Waals surface area contributed by atoms with Gasteiger partial charge in [0.1, 0.15) is 0 Å². The zero-order chi connectivity index (χ0) is 15.8. The Balaban J connectivity index is 1.47. The van der Waals surface area contributed by atoms with E-state index in [1.54, 1.807) is 29.7 Å². The second-order valence-corrected chi connectivity index (χ2v) is 6.57. The molecule has 0 spiro atoms. The van der Waals surface area contributed by atoms with Crippen molar-refractivity contribution in [2.45, 2.75) is 0 Å². The van der Waals surface area contributed by atoms with Gasteiger partial charge in [-0.1, -0.05) is 11.6 Å². The Kier molecular flexibility index (Phi) is 3.74. The van der Waals surface area contributed by atoms with Crippen molar-refractivity contribution in [3.05, 3.63) is 34.3 Å². The lowest BCUT2D eigenvalue weighted by Crippen LogP contribution is -2.48. The van der Waals surface area contributed by atoms with E-state index in [4.69, 9.17) is 21.1 Å². The molecule has 23 heavy (non-hydrogen) atoms. The van der Waals surface area contributed by atoms with Crippen molar-refractivity contribution in [1.29, 1.82) is 0 Å². The number of hydrogen-bond acceptors (Lipinski definition) is 6. The molecular weight excluding hydrogens is 338 g/mol. The number of carbonyl (C=O) groups is 1. The molecule has 1 amide bonds. The smallest absolute Gasteiger partial charge is 0.254 e. The molecule has 1 saturated heterocycles. The number of halogens is 1. The first-order chi connectivity index (χ1) is 11.2. The van der Waals surface area contributed by atoms with Crippen LogP contribution in [0.15, 0.2) is 23.7 Å². The predicted octanol–water partition coefficient (Wildman–Crippen LogP) is 2.49. The fourth-order valence-corrected chi connectivity index (χ4v) is 3.71. The van der Waals surface area contributed by atoms with E-state index in [2.05, 4.69) is 9.88 Å². The maximum atomic E-state index is 12.7. The van der Waals surface area contributed by atoms with Gasteiger partial charge in [-0.3, -0.25) is 4.79 Å². The van der Waals surface area contributed by atoms with Crippen molar-refractivity contribution in [1.82, 2.24) is 9.88 Å². The largest absolute Gasteiger partial charge is 0.454 e. The second-order valence-electron chi connectivity index (χ2n) is 5.29. The SMILES string of the molecule is O=C(c1cc(Cl)c2c(c1)OCO2)N1CCN(c2nccs2)CC1. The highest BCUT2D eigenvalue weighted by molar-refractivity contribution is 7.13. The number of ether oxygens (including phenoxy) is 2. The normalized spacial score (nSPS) is 16.7. The first-order valence-electron chi connectivity index (χ1n) is 7.25. The summed E-state index contributed by atoms with van der Waals surface area (Å²) in [5.41, 5.74) is 0.530. The molecular formula is C15H14ClN3O3S. The van der Waals surface area contributed by atoms with Crippen molar-refractivity contribution in [2.24, 2.45) is 0 Å². The van der Waals surface area contributed by atoms with Crippen molar-refractivity contribution < 1.29 is 14.3 Å². The molecule has 2 aliphatic heterocycles. The molecule has 0 aliphatic carbocycles. The monoisotopic (exact) mass is 351 g/mol. The zero-order valence-corrected chi connectivity index (χ0v) is 13.8. The van der Waals surface area contributed by atoms with E-state index in [1.807, 2.05) is 10.3 Å². The van der Waals surface area contributed by atoms with Gasteiger partial charge in [0.2, 0.25) is 6.79 Å². The van der Waals surface area contributed by atoms with Crippen LogP contribution in [0.3, 0.4) is 0 Å². The fourth-order valence-electron chi connectivity index (χ4n) is 2.75. The van der Waals surface area contributed by atoms with Crippen molar-refractivity contribution >= 4 is 34.0 Å². The number of piperazine rings is 1. The minimum absolute atomic E-state index is 0.0380. The number of aromatic nitrogens is 1. The van der Waals surface area contributed by atoms with Gasteiger partial charge < -0.3 is 19.3 Å². The number of fused-ring (bicyclic) bond motifs is 1. The van der Waals surface area contributed by atoms with Crippen LogP contribution in [0, 0.1) is 0 Å². The van der Waals surface area contributed by atoms with Crippen LogP contribution >= 0.6 is 22.9 Å². The fraction of sp³-hybridized carbons (Fsp3) is 0.333. The molecule has 0 N–H and O–H groups in total. The molecule has 120 valence electrons. The molecule has 1 aromatic heterocycles. The average Bonchev–Trinajstić information content (AvgIpc) is 3.26. The molecule has 3 heterocycles. The van der Waals surface area contributed by atoms with E-state index >= 15 is 0 Å². The highest BCUT2D eigenvalue weighted by Crippen LogP contribution is 2.40. The summed E-state index contributed by atoms with van der Waals surface area (Å²) in [5, 5.41) is 3.37. The van der Waals surface area contributed by atoms with E-state index in [-0.39, 0.29) is 12.7 Å². The maximum absolute atomic E-state index is 12.7. The molecule has 1 fully saturated rings. The first-order valence-corrected chi connectivity index (χ1v) is 8.51. The van der Waals surface area contributed by atoms with E-state index in [1.165, 1.54) is 0 Å². The lowest BCUT2D eigenvalue weighted by atomic mass is 10.1. The van der Waals surface area contributed by atoms with E-state index < -0.39 is 0 Å². The van der Waals surface area contributed by atoms with Crippen LogP contribution in [0.4, 0.5) is 5.13 Å². The molecule has 0 bridgehead atoms. The number of nitrogens with zero attached hydrogens (tertiary/aromatic N) is 3. The summed E-state index contributed by atoms with van der Waals surface area (Å²) in [6.45, 7) is 3.00. The molecule has 8 heteroatoms. The minimum Gasteiger partial charge on any atom is -0.454 e. The molecule has 2 aromatic rings. The van der Waals surface area contributed by atoms with Crippen LogP contribution in [-0.4, -0.2) is 48.8 Å². The van der Waals surface area contributed by atoms with Gasteiger partial charge in [-0.25, -0.2) is 4.98 Å². The Bertz CT molecular complexity index is 730. The second kappa shape index (κ2) is 5.90. The van der Waals surface area contributed by atoms with Crippen LogP contribution in [0.1, 0.15) is 10.4 Å². The van der Waals surface area contributed by atoms with Crippen LogP contribution in [0.5, 0.6) is 11.5 Å². The third kappa shape index (κ3) is 2.70. The summed E-state index contributed by atoms with van der Waals surface area (Å²) >= 11 is 7.77. The topological polar surface area (TPSA) is 54.9 Å². The Hall–Kier alpha value is -1.99. The van der Waals surface area contributed by atoms with Gasteiger partial charge in [0.25, 0.3) is 5.91 Å². The molecule has 6 nitrogen and oxygen atoms in total. The third-order valence-electron chi connectivity index (χ3n) is 3.93. The molecule has 1 aromatic carbocycles.